The predicted octanol–water partition coefficient (Wildman–Crippen LogP) is 2.32. The minimum absolute atomic E-state index is 0.0417. The number of hydrogen-bond acceptors (Lipinski definition) is 7. The van der Waals surface area contributed by atoms with Crippen LogP contribution in [0, 0.1) is 0 Å². The molecule has 0 bridgehead atoms. The maximum absolute atomic E-state index is 11.9. The molecule has 0 unspecified atom stereocenters. The van der Waals surface area contributed by atoms with Crippen molar-refractivity contribution in [1.82, 2.24) is 15.5 Å². The Bertz CT molecular complexity index is 744. The van der Waals surface area contributed by atoms with Gasteiger partial charge in [-0.05, 0) is 25.0 Å². The smallest absolute Gasteiger partial charge is 0.259 e. The Kier molecular flexibility index (Phi) is 6.29. The molecule has 3 N–H and O–H groups in total. The molecule has 1 fully saturated rings. The number of thioether (sulfide) groups is 1. The number of hydrogen-bond donors (Lipinski definition) is 2. The summed E-state index contributed by atoms with van der Waals surface area (Å²) in [6, 6.07) is 7.70. The predicted molar refractivity (Wildman–Crippen MR) is 99.7 cm³/mol. The monoisotopic (exact) mass is 376 g/mol. The van der Waals surface area contributed by atoms with Crippen molar-refractivity contribution in [2.45, 2.75) is 36.1 Å². The normalized spacial score (nSPS) is 15.9. The number of nitrogens with two attached hydrogens (primary N) is 1. The zero-order valence-electron chi connectivity index (χ0n) is 14.9. The molecule has 0 radical (unpaired) electrons. The summed E-state index contributed by atoms with van der Waals surface area (Å²) in [7, 11) is 1.60. The average molecular weight is 376 g/mol. The first-order chi connectivity index (χ1) is 12.6. The lowest BCUT2D eigenvalue weighted by Crippen LogP contribution is -2.34. The van der Waals surface area contributed by atoms with Crippen molar-refractivity contribution in [3.63, 3.8) is 0 Å². The molecule has 1 aromatic carbocycles. The van der Waals surface area contributed by atoms with E-state index in [1.165, 1.54) is 11.8 Å². The Labute approximate surface area is 157 Å². The second-order valence-corrected chi connectivity index (χ2v) is 7.43. The standard InChI is InChI=1S/C18H24N4O3S/c1-24-11-10-20-15(23)12-26-14-7-3-2-6-13(14)16-21-17(22-25-16)18(19)8-4-5-9-18/h2-3,6-7H,4-5,8-12,19H2,1H3,(H,20,23). The van der Waals surface area contributed by atoms with Gasteiger partial charge in [-0.1, -0.05) is 30.1 Å². The Morgan fingerprint density at radius 1 is 1.38 bits per heavy atom. The molecule has 1 aliphatic carbocycles. The first-order valence-corrected chi connectivity index (χ1v) is 9.72. The number of methoxy groups -OCH3 is 1. The topological polar surface area (TPSA) is 103 Å². The van der Waals surface area contributed by atoms with Gasteiger partial charge in [0.25, 0.3) is 5.89 Å². The zero-order chi connectivity index (χ0) is 18.4. The van der Waals surface area contributed by atoms with E-state index in [1.807, 2.05) is 24.3 Å². The molecule has 8 heteroatoms. The third-order valence-corrected chi connectivity index (χ3v) is 5.55. The van der Waals surface area contributed by atoms with E-state index in [9.17, 15) is 4.79 Å². The summed E-state index contributed by atoms with van der Waals surface area (Å²) in [4.78, 5) is 17.4. The average Bonchev–Trinajstić information content (AvgIpc) is 3.31. The highest BCUT2D eigenvalue weighted by Gasteiger charge is 2.36. The van der Waals surface area contributed by atoms with E-state index in [2.05, 4.69) is 15.5 Å². The van der Waals surface area contributed by atoms with E-state index in [0.29, 0.717) is 30.6 Å². The highest BCUT2D eigenvalue weighted by Crippen LogP contribution is 2.36. The van der Waals surface area contributed by atoms with E-state index in [-0.39, 0.29) is 5.91 Å². The van der Waals surface area contributed by atoms with E-state index in [1.54, 1.807) is 7.11 Å². The molecule has 1 amide bonds. The Morgan fingerprint density at radius 3 is 2.92 bits per heavy atom. The second kappa shape index (κ2) is 8.66. The molecule has 1 heterocycles. The summed E-state index contributed by atoms with van der Waals surface area (Å²) in [5, 5.41) is 6.93. The summed E-state index contributed by atoms with van der Waals surface area (Å²) >= 11 is 1.44. The first kappa shape index (κ1) is 18.9. The van der Waals surface area contributed by atoms with Gasteiger partial charge in [-0.2, -0.15) is 4.98 Å². The van der Waals surface area contributed by atoms with Crippen LogP contribution in [0.2, 0.25) is 0 Å². The van der Waals surface area contributed by atoms with Crippen LogP contribution in [0.3, 0.4) is 0 Å². The van der Waals surface area contributed by atoms with Crippen LogP contribution in [-0.4, -0.2) is 42.1 Å². The summed E-state index contributed by atoms with van der Waals surface area (Å²) in [6.07, 6.45) is 3.93. The van der Waals surface area contributed by atoms with Crippen LogP contribution < -0.4 is 11.1 Å². The molecule has 0 atom stereocenters. The SMILES string of the molecule is COCCNC(=O)CSc1ccccc1-c1nc(C2(N)CCCC2)no1. The lowest BCUT2D eigenvalue weighted by Gasteiger charge is -2.17. The van der Waals surface area contributed by atoms with Crippen LogP contribution in [0.5, 0.6) is 0 Å². The van der Waals surface area contributed by atoms with E-state index < -0.39 is 5.54 Å². The molecule has 2 aromatic rings. The van der Waals surface area contributed by atoms with Crippen LogP contribution in [0.25, 0.3) is 11.5 Å². The summed E-state index contributed by atoms with van der Waals surface area (Å²) in [5.41, 5.74) is 6.75. The molecule has 7 nitrogen and oxygen atoms in total. The Hall–Kier alpha value is -1.90. The van der Waals surface area contributed by atoms with Crippen molar-refractivity contribution in [2.24, 2.45) is 5.73 Å². The lowest BCUT2D eigenvalue weighted by atomic mass is 9.99. The highest BCUT2D eigenvalue weighted by molar-refractivity contribution is 8.00. The summed E-state index contributed by atoms with van der Waals surface area (Å²) in [6.45, 7) is 1.00. The van der Waals surface area contributed by atoms with Gasteiger partial charge >= 0.3 is 0 Å². The quantitative estimate of drug-likeness (QED) is 0.538. The van der Waals surface area contributed by atoms with Gasteiger partial charge in [0.05, 0.1) is 23.5 Å². The fraction of sp³-hybridized carbons (Fsp3) is 0.500. The third kappa shape index (κ3) is 4.44. The third-order valence-electron chi connectivity index (χ3n) is 4.47. The van der Waals surface area contributed by atoms with Crippen molar-refractivity contribution in [3.05, 3.63) is 30.1 Å². The molecule has 0 aliphatic heterocycles. The van der Waals surface area contributed by atoms with Crippen molar-refractivity contribution in [2.75, 3.05) is 26.0 Å². The van der Waals surface area contributed by atoms with Crippen LogP contribution in [0.15, 0.2) is 33.7 Å². The molecule has 0 saturated heterocycles. The fourth-order valence-electron chi connectivity index (χ4n) is 3.02. The van der Waals surface area contributed by atoms with Gasteiger partial charge < -0.3 is 20.3 Å². The molecular formula is C18H24N4O3S. The van der Waals surface area contributed by atoms with E-state index in [4.69, 9.17) is 15.0 Å². The van der Waals surface area contributed by atoms with Crippen LogP contribution >= 0.6 is 11.8 Å². The van der Waals surface area contributed by atoms with Gasteiger partial charge in [-0.3, -0.25) is 4.79 Å². The molecular weight excluding hydrogens is 352 g/mol. The summed E-state index contributed by atoms with van der Waals surface area (Å²) in [5.74, 6) is 1.28. The number of carbonyl (C=O) groups is 1. The number of carbonyl (C=O) groups excluding carboxylic acids is 1. The molecule has 140 valence electrons. The number of rotatable bonds is 8. The second-order valence-electron chi connectivity index (χ2n) is 6.41. The minimum Gasteiger partial charge on any atom is -0.383 e. The number of amides is 1. The Morgan fingerprint density at radius 2 is 2.15 bits per heavy atom. The van der Waals surface area contributed by atoms with Crippen molar-refractivity contribution in [1.29, 1.82) is 0 Å². The van der Waals surface area contributed by atoms with Gasteiger partial charge in [-0.15, -0.1) is 11.8 Å². The highest BCUT2D eigenvalue weighted by atomic mass is 32.2. The number of ether oxygens (including phenoxy) is 1. The van der Waals surface area contributed by atoms with Crippen molar-refractivity contribution >= 4 is 17.7 Å². The van der Waals surface area contributed by atoms with E-state index in [0.717, 1.165) is 36.1 Å². The molecule has 1 aromatic heterocycles. The largest absolute Gasteiger partial charge is 0.383 e. The number of benzene rings is 1. The van der Waals surface area contributed by atoms with Crippen LogP contribution in [0.4, 0.5) is 0 Å². The van der Waals surface area contributed by atoms with E-state index >= 15 is 0 Å². The van der Waals surface area contributed by atoms with Crippen molar-refractivity contribution in [3.8, 4) is 11.5 Å². The maximum atomic E-state index is 11.9. The van der Waals surface area contributed by atoms with Crippen LogP contribution in [-0.2, 0) is 15.1 Å². The van der Waals surface area contributed by atoms with Gasteiger partial charge in [0.15, 0.2) is 5.82 Å². The molecule has 0 spiro atoms. The summed E-state index contributed by atoms with van der Waals surface area (Å²) < 4.78 is 10.4. The first-order valence-electron chi connectivity index (χ1n) is 8.73. The number of nitrogens with zero attached hydrogens (tertiary/aromatic N) is 2. The maximum Gasteiger partial charge on any atom is 0.259 e. The minimum atomic E-state index is -0.481. The fourth-order valence-corrected chi connectivity index (χ4v) is 3.89. The molecule has 1 aliphatic rings. The lowest BCUT2D eigenvalue weighted by molar-refractivity contribution is -0.118. The van der Waals surface area contributed by atoms with Gasteiger partial charge in [0.1, 0.15) is 0 Å². The van der Waals surface area contributed by atoms with Gasteiger partial charge in [0.2, 0.25) is 5.91 Å². The molecule has 1 saturated carbocycles. The molecule has 3 rings (SSSR count). The van der Waals surface area contributed by atoms with Gasteiger partial charge in [-0.25, -0.2) is 0 Å². The van der Waals surface area contributed by atoms with Crippen LogP contribution in [0.1, 0.15) is 31.5 Å². The number of nitrogens with one attached hydrogen (secondary N) is 1. The number of aromatic nitrogens is 2. The van der Waals surface area contributed by atoms with Gasteiger partial charge in [0, 0.05) is 18.6 Å². The zero-order valence-corrected chi connectivity index (χ0v) is 15.7. The van der Waals surface area contributed by atoms with Crippen molar-refractivity contribution < 1.29 is 14.1 Å². The Balaban J connectivity index is 1.69. The molecule has 26 heavy (non-hydrogen) atoms.